The number of ketones is 1. The standard InChI is InChI=1S/C46H53NO7/c1-54-42-20-33(30(25-48)16-40(42)52)32-17-31(49)18-41(53)44-29(10-9-27(32)15-26-7-3-2-4-8-26)24-47-43-12-11-28-23-45(13-5-6-14-45)36-21-35(28)46(43,44)37-22-39(51)38(50)19-34(36)37/h2-4,7-8,16,19-20,22,27-29,32,35-36,41,43-44,47-48,50-53H,5-6,11-15,17-18,21,23-25H2,1H3. The van der Waals surface area contributed by atoms with Gasteiger partial charge in [0.15, 0.2) is 23.0 Å². The molecule has 6 aliphatic rings. The summed E-state index contributed by atoms with van der Waals surface area (Å²) in [7, 11) is 1.49. The van der Waals surface area contributed by atoms with Crippen molar-refractivity contribution in [2.45, 2.75) is 107 Å². The first kappa shape index (κ1) is 35.7. The zero-order chi connectivity index (χ0) is 37.4. The van der Waals surface area contributed by atoms with Crippen LogP contribution >= 0.6 is 0 Å². The molecule has 0 aromatic heterocycles. The average molecular weight is 732 g/mol. The molecule has 6 N–H and O–H groups in total. The van der Waals surface area contributed by atoms with Crippen molar-refractivity contribution in [1.82, 2.24) is 5.32 Å². The predicted octanol–water partition coefficient (Wildman–Crippen LogP) is 6.59. The third kappa shape index (κ3) is 5.48. The minimum absolute atomic E-state index is 0.0281. The van der Waals surface area contributed by atoms with Gasteiger partial charge < -0.3 is 35.6 Å². The number of carbonyl (C=O) groups excluding carboxylic acids is 1. The number of aliphatic hydroxyl groups excluding tert-OH is 2. The van der Waals surface area contributed by atoms with Crippen molar-refractivity contribution in [2.24, 2.45) is 35.0 Å². The van der Waals surface area contributed by atoms with Gasteiger partial charge in [-0.15, -0.1) is 0 Å². The van der Waals surface area contributed by atoms with Crippen LogP contribution in [0, 0.1) is 46.8 Å². The van der Waals surface area contributed by atoms with Crippen molar-refractivity contribution in [3.8, 4) is 34.8 Å². The van der Waals surface area contributed by atoms with E-state index in [0.717, 1.165) is 42.4 Å². The quantitative estimate of drug-likeness (QED) is 0.128. The molecule has 0 radical (unpaired) electrons. The van der Waals surface area contributed by atoms with Crippen LogP contribution in [-0.2, 0) is 23.2 Å². The van der Waals surface area contributed by atoms with Crippen molar-refractivity contribution in [3.63, 3.8) is 0 Å². The Morgan fingerprint density at radius 3 is 2.46 bits per heavy atom. The van der Waals surface area contributed by atoms with Crippen LogP contribution in [0.25, 0.3) is 0 Å². The Morgan fingerprint density at radius 1 is 0.926 bits per heavy atom. The molecule has 3 aromatic carbocycles. The van der Waals surface area contributed by atoms with Gasteiger partial charge in [-0.25, -0.2) is 0 Å². The lowest BCUT2D eigenvalue weighted by molar-refractivity contribution is -0.132. The van der Waals surface area contributed by atoms with Gasteiger partial charge in [0.1, 0.15) is 5.78 Å². The summed E-state index contributed by atoms with van der Waals surface area (Å²) in [4.78, 5) is 14.5. The highest BCUT2D eigenvalue weighted by atomic mass is 16.5. The molecule has 8 nitrogen and oxygen atoms in total. The zero-order valence-corrected chi connectivity index (χ0v) is 31.1. The lowest BCUT2D eigenvalue weighted by Crippen LogP contribution is -2.72. The first-order valence-corrected chi connectivity index (χ1v) is 20.2. The maximum absolute atomic E-state index is 14.5. The van der Waals surface area contributed by atoms with Crippen LogP contribution in [0.4, 0.5) is 0 Å². The molecule has 3 saturated carbocycles. The van der Waals surface area contributed by atoms with Crippen molar-refractivity contribution in [1.29, 1.82) is 0 Å². The van der Waals surface area contributed by atoms with E-state index in [1.807, 2.05) is 30.3 Å². The number of aromatic hydroxyl groups is 3. The van der Waals surface area contributed by atoms with Gasteiger partial charge in [-0.1, -0.05) is 55.0 Å². The number of hydrogen-bond donors (Lipinski definition) is 6. The van der Waals surface area contributed by atoms with Crippen LogP contribution in [-0.4, -0.2) is 57.1 Å². The summed E-state index contributed by atoms with van der Waals surface area (Å²) < 4.78 is 5.51. The Hall–Kier alpha value is -4.03. The Kier molecular flexibility index (Phi) is 8.99. The highest BCUT2D eigenvalue weighted by molar-refractivity contribution is 5.80. The number of phenols is 3. The lowest BCUT2D eigenvalue weighted by atomic mass is 9.37. The molecule has 1 heterocycles. The van der Waals surface area contributed by atoms with E-state index in [9.17, 15) is 30.3 Å². The molecule has 1 saturated heterocycles. The van der Waals surface area contributed by atoms with E-state index in [-0.39, 0.29) is 89.3 Å². The second-order valence-corrected chi connectivity index (χ2v) is 17.5. The molecule has 4 fully saturated rings. The highest BCUT2D eigenvalue weighted by Gasteiger charge is 2.68. The van der Waals surface area contributed by atoms with Crippen LogP contribution in [0.5, 0.6) is 23.0 Å². The Morgan fingerprint density at radius 2 is 1.70 bits per heavy atom. The number of carbonyl (C=O) groups is 1. The predicted molar refractivity (Wildman–Crippen MR) is 204 cm³/mol. The van der Waals surface area contributed by atoms with Gasteiger partial charge in [0, 0.05) is 54.5 Å². The smallest absolute Gasteiger partial charge is 0.160 e. The first-order valence-electron chi connectivity index (χ1n) is 20.2. The van der Waals surface area contributed by atoms with Crippen molar-refractivity contribution in [2.75, 3.05) is 13.7 Å². The van der Waals surface area contributed by atoms with Crippen molar-refractivity contribution >= 4 is 5.78 Å². The van der Waals surface area contributed by atoms with Crippen LogP contribution < -0.4 is 10.1 Å². The van der Waals surface area contributed by atoms with Gasteiger partial charge in [0.05, 0.1) is 19.8 Å². The Bertz CT molecular complexity index is 1990. The molecular weight excluding hydrogens is 679 g/mol. The van der Waals surface area contributed by atoms with Gasteiger partial charge in [0.25, 0.3) is 0 Å². The minimum Gasteiger partial charge on any atom is -0.504 e. The number of hydrogen-bond acceptors (Lipinski definition) is 8. The van der Waals surface area contributed by atoms with Crippen LogP contribution in [0.3, 0.4) is 0 Å². The van der Waals surface area contributed by atoms with E-state index >= 15 is 0 Å². The fourth-order valence-electron chi connectivity index (χ4n) is 13.2. The van der Waals surface area contributed by atoms with Crippen LogP contribution in [0.15, 0.2) is 54.6 Å². The molecule has 54 heavy (non-hydrogen) atoms. The number of fused-ring (bicyclic) bond motifs is 5. The largest absolute Gasteiger partial charge is 0.504 e. The summed E-state index contributed by atoms with van der Waals surface area (Å²) in [6.07, 6.45) is 8.75. The van der Waals surface area contributed by atoms with Crippen LogP contribution in [0.1, 0.15) is 104 Å². The number of methoxy groups -OCH3 is 1. The topological polar surface area (TPSA) is 139 Å². The summed E-state index contributed by atoms with van der Waals surface area (Å²) in [6, 6.07) is 17.1. The van der Waals surface area contributed by atoms with Gasteiger partial charge in [0.2, 0.25) is 0 Å². The molecular formula is C46H53NO7. The maximum atomic E-state index is 14.5. The number of phenolic OH excluding ortho intramolecular Hbond substituents is 3. The summed E-state index contributed by atoms with van der Waals surface area (Å²) >= 11 is 0. The molecule has 0 amide bonds. The van der Waals surface area contributed by atoms with Gasteiger partial charge >= 0.3 is 0 Å². The Labute approximate surface area is 318 Å². The third-order valence-electron chi connectivity index (χ3n) is 15.2. The molecule has 3 aromatic rings. The molecule has 10 atom stereocenters. The second-order valence-electron chi connectivity index (χ2n) is 17.5. The summed E-state index contributed by atoms with van der Waals surface area (Å²) in [5.74, 6) is 7.00. The SMILES string of the molecule is COc1cc(C2CC(=O)CC(O)C3C(C#CC2Cc2ccccc2)CNC2CCC4CC5(CCCC5)C5CC4C23c2cc(O)c(O)cc25)c(CO)cc1O. The fourth-order valence-corrected chi connectivity index (χ4v) is 13.2. The lowest BCUT2D eigenvalue weighted by Gasteiger charge is -2.68. The van der Waals surface area contributed by atoms with Crippen molar-refractivity contribution < 1.29 is 35.1 Å². The summed E-state index contributed by atoms with van der Waals surface area (Å²) in [5, 5.41) is 60.0. The molecule has 1 aliphatic heterocycles. The monoisotopic (exact) mass is 731 g/mol. The van der Waals surface area contributed by atoms with E-state index in [1.165, 1.54) is 38.9 Å². The average Bonchev–Trinajstić information content (AvgIpc) is 3.64. The molecule has 2 bridgehead atoms. The maximum Gasteiger partial charge on any atom is 0.160 e. The van der Waals surface area contributed by atoms with Gasteiger partial charge in [-0.2, -0.15) is 0 Å². The summed E-state index contributed by atoms with van der Waals surface area (Å²) in [6.45, 7) is 0.258. The van der Waals surface area contributed by atoms with Gasteiger partial charge in [-0.3, -0.25) is 4.79 Å². The number of Topliss-reactive ketones (excluding diaryl/α,β-unsaturated/α-hetero) is 1. The van der Waals surface area contributed by atoms with E-state index in [0.29, 0.717) is 30.0 Å². The van der Waals surface area contributed by atoms with E-state index < -0.39 is 17.4 Å². The minimum atomic E-state index is -0.971. The van der Waals surface area contributed by atoms with E-state index in [2.05, 4.69) is 29.3 Å². The number of piperidine rings is 1. The normalized spacial score (nSPS) is 34.9. The highest BCUT2D eigenvalue weighted by Crippen LogP contribution is 2.72. The van der Waals surface area contributed by atoms with E-state index in [1.54, 1.807) is 6.07 Å². The molecule has 5 aliphatic carbocycles. The molecule has 9 rings (SSSR count). The Balaban J connectivity index is 1.22. The molecule has 2 spiro atoms. The first-order chi connectivity index (χ1) is 26.2. The third-order valence-corrected chi connectivity index (χ3v) is 15.2. The zero-order valence-electron chi connectivity index (χ0n) is 31.1. The number of nitrogens with one attached hydrogen (secondary N) is 1. The fraction of sp³-hybridized carbons (Fsp3) is 0.543. The number of ether oxygens (including phenoxy) is 1. The van der Waals surface area contributed by atoms with E-state index in [4.69, 9.17) is 4.74 Å². The number of aliphatic hydroxyl groups is 2. The summed E-state index contributed by atoms with van der Waals surface area (Å²) in [5.41, 5.74) is 4.12. The molecule has 8 heteroatoms. The van der Waals surface area contributed by atoms with Gasteiger partial charge in [-0.05, 0) is 120 Å². The van der Waals surface area contributed by atoms with Crippen molar-refractivity contribution in [3.05, 3.63) is 82.4 Å². The molecule has 284 valence electrons. The number of benzene rings is 3. The second kappa shape index (κ2) is 13.6. The van der Waals surface area contributed by atoms with Crippen LogP contribution in [0.2, 0.25) is 0 Å². The molecule has 10 unspecified atom stereocenters. The number of rotatable bonds is 5.